The quantitative estimate of drug-likeness (QED) is 0.621. The number of ketones is 1. The van der Waals surface area contributed by atoms with E-state index in [0.29, 0.717) is 25.2 Å². The van der Waals surface area contributed by atoms with E-state index in [9.17, 15) is 9.59 Å². The van der Waals surface area contributed by atoms with Crippen LogP contribution in [0.4, 0.5) is 0 Å². The Morgan fingerprint density at radius 1 is 0.885 bits per heavy atom. The van der Waals surface area contributed by atoms with Crippen molar-refractivity contribution in [3.63, 3.8) is 0 Å². The fourth-order valence-corrected chi connectivity index (χ4v) is 3.09. The summed E-state index contributed by atoms with van der Waals surface area (Å²) in [7, 11) is 0. The Balaban J connectivity index is 1.58. The van der Waals surface area contributed by atoms with Crippen molar-refractivity contribution in [3.8, 4) is 0 Å². The Labute approximate surface area is 153 Å². The molecule has 1 saturated heterocycles. The molecule has 2 heterocycles. The number of carbonyl (C=O) groups excluding carboxylic acids is 2. The Morgan fingerprint density at radius 2 is 1.50 bits per heavy atom. The normalized spacial score (nSPS) is 15.1. The molecule has 1 aromatic heterocycles. The molecule has 3 rings (SSSR count). The third kappa shape index (κ3) is 3.96. The summed E-state index contributed by atoms with van der Waals surface area (Å²) in [6.45, 7) is 9.18. The molecule has 6 heteroatoms. The second-order valence-electron chi connectivity index (χ2n) is 6.69. The van der Waals surface area contributed by atoms with Crippen molar-refractivity contribution < 1.29 is 9.59 Å². The predicted molar refractivity (Wildman–Crippen MR) is 98.9 cm³/mol. The van der Waals surface area contributed by atoms with E-state index in [-0.39, 0.29) is 0 Å². The number of aryl methyl sites for hydroxylation is 3. The fraction of sp³-hybridized carbons (Fsp3) is 0.400. The van der Waals surface area contributed by atoms with E-state index in [1.54, 1.807) is 29.2 Å². The summed E-state index contributed by atoms with van der Waals surface area (Å²) in [5.41, 5.74) is 4.29. The maximum atomic E-state index is 12.4. The number of aromatic nitrogens is 2. The smallest absolute Gasteiger partial charge is 0.295 e. The first-order valence-corrected chi connectivity index (χ1v) is 8.87. The van der Waals surface area contributed by atoms with Crippen LogP contribution >= 0.6 is 0 Å². The molecule has 0 atom stereocenters. The fourth-order valence-electron chi connectivity index (χ4n) is 3.09. The second kappa shape index (κ2) is 7.74. The molecule has 1 aliphatic heterocycles. The standard InChI is InChI=1S/C20H24N4O2/c1-14-15(2)22-18(16(3)21-14)13-23-9-11-24(12-10-23)20(26)19(25)17-7-5-4-6-8-17/h4-8H,9-13H2,1-3H3. The average Bonchev–Trinajstić information content (AvgIpc) is 2.66. The molecule has 0 N–H and O–H groups in total. The van der Waals surface area contributed by atoms with Crippen molar-refractivity contribution in [2.45, 2.75) is 27.3 Å². The number of Topliss-reactive ketones (excluding diaryl/α,β-unsaturated/α-hetero) is 1. The van der Waals surface area contributed by atoms with Gasteiger partial charge in [-0.1, -0.05) is 30.3 Å². The van der Waals surface area contributed by atoms with Crippen LogP contribution in [0.25, 0.3) is 0 Å². The molecule has 0 aliphatic carbocycles. The molecule has 6 nitrogen and oxygen atoms in total. The Morgan fingerprint density at radius 3 is 2.15 bits per heavy atom. The largest absolute Gasteiger partial charge is 0.333 e. The van der Waals surface area contributed by atoms with Gasteiger partial charge in [0.15, 0.2) is 0 Å². The van der Waals surface area contributed by atoms with Gasteiger partial charge in [-0.05, 0) is 20.8 Å². The van der Waals surface area contributed by atoms with Crippen molar-refractivity contribution in [2.24, 2.45) is 0 Å². The van der Waals surface area contributed by atoms with E-state index >= 15 is 0 Å². The lowest BCUT2D eigenvalue weighted by Crippen LogP contribution is -2.50. The van der Waals surface area contributed by atoms with Crippen LogP contribution in [0.1, 0.15) is 33.1 Å². The maximum Gasteiger partial charge on any atom is 0.295 e. The molecule has 0 radical (unpaired) electrons. The zero-order valence-corrected chi connectivity index (χ0v) is 15.5. The molecule has 2 aromatic rings. The lowest BCUT2D eigenvalue weighted by atomic mass is 10.1. The van der Waals surface area contributed by atoms with Gasteiger partial charge < -0.3 is 4.90 Å². The first-order valence-electron chi connectivity index (χ1n) is 8.87. The van der Waals surface area contributed by atoms with E-state index in [2.05, 4.69) is 14.9 Å². The van der Waals surface area contributed by atoms with E-state index in [1.807, 2.05) is 26.8 Å². The number of benzene rings is 1. The van der Waals surface area contributed by atoms with Gasteiger partial charge in [0.25, 0.3) is 5.91 Å². The van der Waals surface area contributed by atoms with Gasteiger partial charge in [0.1, 0.15) is 0 Å². The molecular formula is C20H24N4O2. The highest BCUT2D eigenvalue weighted by molar-refractivity contribution is 6.42. The Kier molecular flexibility index (Phi) is 5.42. The van der Waals surface area contributed by atoms with Gasteiger partial charge in [0.2, 0.25) is 5.78 Å². The number of rotatable bonds is 4. The second-order valence-corrected chi connectivity index (χ2v) is 6.69. The van der Waals surface area contributed by atoms with Crippen LogP contribution in [0.5, 0.6) is 0 Å². The van der Waals surface area contributed by atoms with E-state index < -0.39 is 11.7 Å². The number of hydrogen-bond acceptors (Lipinski definition) is 5. The summed E-state index contributed by atoms with van der Waals surface area (Å²) in [6, 6.07) is 8.73. The summed E-state index contributed by atoms with van der Waals surface area (Å²) < 4.78 is 0. The Bertz CT molecular complexity index is 812. The highest BCUT2D eigenvalue weighted by Crippen LogP contribution is 2.13. The van der Waals surface area contributed by atoms with Crippen LogP contribution in [0.2, 0.25) is 0 Å². The van der Waals surface area contributed by atoms with Crippen molar-refractivity contribution in [1.29, 1.82) is 0 Å². The summed E-state index contributed by atoms with van der Waals surface area (Å²) in [4.78, 5) is 37.8. The third-order valence-corrected chi connectivity index (χ3v) is 4.84. The van der Waals surface area contributed by atoms with Crippen LogP contribution in [0.3, 0.4) is 0 Å². The lowest BCUT2D eigenvalue weighted by Gasteiger charge is -2.34. The molecular weight excluding hydrogens is 328 g/mol. The molecule has 26 heavy (non-hydrogen) atoms. The van der Waals surface area contributed by atoms with Crippen LogP contribution in [0.15, 0.2) is 30.3 Å². The summed E-state index contributed by atoms with van der Waals surface area (Å²) in [6.07, 6.45) is 0. The molecule has 136 valence electrons. The zero-order chi connectivity index (χ0) is 18.7. The number of nitrogens with zero attached hydrogens (tertiary/aromatic N) is 4. The van der Waals surface area contributed by atoms with Crippen molar-refractivity contribution in [2.75, 3.05) is 26.2 Å². The first kappa shape index (κ1) is 18.2. The van der Waals surface area contributed by atoms with E-state index in [0.717, 1.165) is 35.9 Å². The van der Waals surface area contributed by atoms with E-state index in [4.69, 9.17) is 0 Å². The number of hydrogen-bond donors (Lipinski definition) is 0. The van der Waals surface area contributed by atoms with Crippen LogP contribution < -0.4 is 0 Å². The topological polar surface area (TPSA) is 66.4 Å². The van der Waals surface area contributed by atoms with Crippen molar-refractivity contribution in [3.05, 3.63) is 58.7 Å². The van der Waals surface area contributed by atoms with Gasteiger partial charge in [0, 0.05) is 38.3 Å². The van der Waals surface area contributed by atoms with Crippen LogP contribution in [-0.4, -0.2) is 57.6 Å². The Hall–Kier alpha value is -2.60. The maximum absolute atomic E-state index is 12.4. The molecule has 1 fully saturated rings. The minimum atomic E-state index is -0.435. The van der Waals surface area contributed by atoms with Crippen LogP contribution in [0, 0.1) is 20.8 Å². The van der Waals surface area contributed by atoms with Gasteiger partial charge >= 0.3 is 0 Å². The highest BCUT2D eigenvalue weighted by Gasteiger charge is 2.27. The van der Waals surface area contributed by atoms with Gasteiger partial charge in [-0.25, -0.2) is 0 Å². The van der Waals surface area contributed by atoms with Crippen LogP contribution in [-0.2, 0) is 11.3 Å². The minimum Gasteiger partial charge on any atom is -0.333 e. The summed E-state index contributed by atoms with van der Waals surface area (Å²) in [5.74, 6) is -0.854. The number of amides is 1. The van der Waals surface area contributed by atoms with E-state index in [1.165, 1.54) is 0 Å². The lowest BCUT2D eigenvalue weighted by molar-refractivity contribution is -0.128. The summed E-state index contributed by atoms with van der Waals surface area (Å²) in [5, 5.41) is 0. The average molecular weight is 352 g/mol. The third-order valence-electron chi connectivity index (χ3n) is 4.84. The minimum absolute atomic E-state index is 0.419. The molecule has 0 spiro atoms. The van der Waals surface area contributed by atoms with Gasteiger partial charge in [0.05, 0.1) is 22.8 Å². The predicted octanol–water partition coefficient (Wildman–Crippen LogP) is 1.93. The molecule has 0 saturated carbocycles. The first-order chi connectivity index (χ1) is 12.5. The number of carbonyl (C=O) groups is 2. The monoisotopic (exact) mass is 352 g/mol. The molecule has 1 aliphatic rings. The highest BCUT2D eigenvalue weighted by atomic mass is 16.2. The molecule has 0 bridgehead atoms. The molecule has 1 aromatic carbocycles. The SMILES string of the molecule is Cc1nc(C)c(CN2CCN(C(=O)C(=O)c3ccccc3)CC2)nc1C. The number of piperazine rings is 1. The zero-order valence-electron chi connectivity index (χ0n) is 15.5. The molecule has 0 unspecified atom stereocenters. The summed E-state index contributed by atoms with van der Waals surface area (Å²) >= 11 is 0. The van der Waals surface area contributed by atoms with Gasteiger partial charge in [-0.2, -0.15) is 0 Å². The van der Waals surface area contributed by atoms with Crippen molar-refractivity contribution in [1.82, 2.24) is 19.8 Å². The van der Waals surface area contributed by atoms with Gasteiger partial charge in [-0.3, -0.25) is 24.5 Å². The molecule has 1 amide bonds. The van der Waals surface area contributed by atoms with Gasteiger partial charge in [-0.15, -0.1) is 0 Å². The van der Waals surface area contributed by atoms with Crippen molar-refractivity contribution >= 4 is 11.7 Å².